The molecule has 0 radical (unpaired) electrons. The van der Waals surface area contributed by atoms with Gasteiger partial charge in [0.15, 0.2) is 0 Å². The van der Waals surface area contributed by atoms with Crippen molar-refractivity contribution in [3.63, 3.8) is 0 Å². The second kappa shape index (κ2) is 4.17. The summed E-state index contributed by atoms with van der Waals surface area (Å²) in [7, 11) is 1.87. The summed E-state index contributed by atoms with van der Waals surface area (Å²) >= 11 is 1.75. The van der Waals surface area contributed by atoms with Crippen LogP contribution < -0.4 is 5.32 Å². The zero-order chi connectivity index (χ0) is 10.8. The molecule has 0 saturated carbocycles. The molecule has 0 atom stereocenters. The summed E-state index contributed by atoms with van der Waals surface area (Å²) in [5.74, 6) is 1.69. The van der Waals surface area contributed by atoms with Crippen LogP contribution in [0.15, 0.2) is 11.1 Å². The average Bonchev–Trinajstić information content (AvgIpc) is 1.99. The zero-order valence-electron chi connectivity index (χ0n) is 9.38. The number of hydrogen-bond donors (Lipinski definition) is 1. The van der Waals surface area contributed by atoms with E-state index in [9.17, 15) is 0 Å². The second-order valence-electron chi connectivity index (χ2n) is 4.10. The molecule has 1 N–H and O–H groups in total. The molecule has 3 nitrogen and oxygen atoms in total. The lowest BCUT2D eigenvalue weighted by molar-refractivity contribution is 0.797. The van der Waals surface area contributed by atoms with Crippen LogP contribution in [0.2, 0.25) is 0 Å². The molecular formula is C10H17N3S. The molecule has 78 valence electrons. The van der Waals surface area contributed by atoms with E-state index >= 15 is 0 Å². The van der Waals surface area contributed by atoms with E-state index in [1.54, 1.807) is 11.8 Å². The molecule has 0 aliphatic heterocycles. The molecule has 1 heterocycles. The van der Waals surface area contributed by atoms with E-state index in [0.29, 0.717) is 0 Å². The highest BCUT2D eigenvalue weighted by Gasteiger charge is 2.13. The maximum absolute atomic E-state index is 4.38. The van der Waals surface area contributed by atoms with Crippen LogP contribution in [-0.2, 0) is 0 Å². The molecule has 0 amide bonds. The van der Waals surface area contributed by atoms with Gasteiger partial charge in [0.25, 0.3) is 0 Å². The maximum Gasteiger partial charge on any atom is 0.130 e. The third-order valence-electron chi connectivity index (χ3n) is 1.48. The maximum atomic E-state index is 4.38. The molecule has 1 aromatic rings. The highest BCUT2D eigenvalue weighted by atomic mass is 32.2. The van der Waals surface area contributed by atoms with Crippen LogP contribution >= 0.6 is 11.8 Å². The van der Waals surface area contributed by atoms with Gasteiger partial charge in [-0.1, -0.05) is 20.8 Å². The van der Waals surface area contributed by atoms with Gasteiger partial charge in [-0.2, -0.15) is 0 Å². The van der Waals surface area contributed by atoms with Gasteiger partial charge in [-0.05, 0) is 6.92 Å². The highest BCUT2D eigenvalue weighted by molar-refractivity contribution is 8.00. The van der Waals surface area contributed by atoms with Crippen LogP contribution in [0, 0.1) is 6.92 Å². The van der Waals surface area contributed by atoms with E-state index in [1.807, 2.05) is 20.0 Å². The fourth-order valence-corrected chi connectivity index (χ4v) is 2.01. The fraction of sp³-hybridized carbons (Fsp3) is 0.600. The number of hydrogen-bond acceptors (Lipinski definition) is 4. The fourth-order valence-electron chi connectivity index (χ4n) is 1.03. The molecule has 0 bridgehead atoms. The summed E-state index contributed by atoms with van der Waals surface area (Å²) < 4.78 is 0.186. The van der Waals surface area contributed by atoms with Gasteiger partial charge in [0, 0.05) is 17.9 Å². The average molecular weight is 211 g/mol. The first kappa shape index (κ1) is 11.3. The molecule has 0 spiro atoms. The Morgan fingerprint density at radius 2 is 1.93 bits per heavy atom. The van der Waals surface area contributed by atoms with Crippen LogP contribution in [0.3, 0.4) is 0 Å². The van der Waals surface area contributed by atoms with Crippen LogP contribution in [-0.4, -0.2) is 21.8 Å². The Morgan fingerprint density at radius 1 is 1.29 bits per heavy atom. The third kappa shape index (κ3) is 3.54. The van der Waals surface area contributed by atoms with Crippen molar-refractivity contribution >= 4 is 17.6 Å². The number of aromatic nitrogens is 2. The molecule has 0 aromatic carbocycles. The molecule has 0 saturated heterocycles. The van der Waals surface area contributed by atoms with Crippen LogP contribution in [0.25, 0.3) is 0 Å². The Balaban J connectivity index is 2.92. The summed E-state index contributed by atoms with van der Waals surface area (Å²) in [6.07, 6.45) is 0. The lowest BCUT2D eigenvalue weighted by Crippen LogP contribution is -2.08. The van der Waals surface area contributed by atoms with Crippen LogP contribution in [0.4, 0.5) is 5.82 Å². The first-order valence-corrected chi connectivity index (χ1v) is 5.45. The standard InChI is InChI=1S/C10H17N3S/c1-7-12-8(11-5)6-9(13-7)14-10(2,3)4/h6H,1-5H3,(H,11,12,13). The van der Waals surface area contributed by atoms with Crippen molar-refractivity contribution in [2.75, 3.05) is 12.4 Å². The quantitative estimate of drug-likeness (QED) is 0.603. The Morgan fingerprint density at radius 3 is 2.43 bits per heavy atom. The summed E-state index contributed by atoms with van der Waals surface area (Å²) in [6, 6.07) is 1.98. The van der Waals surface area contributed by atoms with Gasteiger partial charge in [-0.25, -0.2) is 9.97 Å². The first-order chi connectivity index (χ1) is 6.40. The smallest absolute Gasteiger partial charge is 0.130 e. The van der Waals surface area contributed by atoms with Gasteiger partial charge >= 0.3 is 0 Å². The normalized spacial score (nSPS) is 11.5. The van der Waals surface area contributed by atoms with E-state index in [2.05, 4.69) is 36.1 Å². The number of rotatable bonds is 2. The Bertz CT molecular complexity index is 318. The van der Waals surface area contributed by atoms with Crippen molar-refractivity contribution in [2.45, 2.75) is 37.5 Å². The largest absolute Gasteiger partial charge is 0.373 e. The Labute approximate surface area is 89.7 Å². The molecular weight excluding hydrogens is 194 g/mol. The predicted octanol–water partition coefficient (Wildman–Crippen LogP) is 2.72. The lowest BCUT2D eigenvalue weighted by atomic mass is 10.3. The number of thioether (sulfide) groups is 1. The van der Waals surface area contributed by atoms with E-state index in [1.165, 1.54) is 0 Å². The van der Waals surface area contributed by atoms with Gasteiger partial charge in [0.1, 0.15) is 16.7 Å². The molecule has 1 rings (SSSR count). The Kier molecular flexibility index (Phi) is 3.37. The molecule has 1 aromatic heterocycles. The highest BCUT2D eigenvalue weighted by Crippen LogP contribution is 2.31. The van der Waals surface area contributed by atoms with Crippen molar-refractivity contribution < 1.29 is 0 Å². The van der Waals surface area contributed by atoms with Crippen molar-refractivity contribution in [3.05, 3.63) is 11.9 Å². The van der Waals surface area contributed by atoms with E-state index in [0.717, 1.165) is 16.7 Å². The second-order valence-corrected chi connectivity index (χ2v) is 5.95. The minimum absolute atomic E-state index is 0.186. The summed E-state index contributed by atoms with van der Waals surface area (Å²) in [5, 5.41) is 4.05. The first-order valence-electron chi connectivity index (χ1n) is 4.63. The summed E-state index contributed by atoms with van der Waals surface area (Å²) in [5.41, 5.74) is 0. The van der Waals surface area contributed by atoms with Gasteiger partial charge in [0.05, 0.1) is 0 Å². The number of nitrogens with one attached hydrogen (secondary N) is 1. The predicted molar refractivity (Wildman–Crippen MR) is 61.9 cm³/mol. The zero-order valence-corrected chi connectivity index (χ0v) is 10.2. The molecule has 0 fully saturated rings. The van der Waals surface area contributed by atoms with Gasteiger partial charge < -0.3 is 5.32 Å². The molecule has 0 aliphatic carbocycles. The van der Waals surface area contributed by atoms with Crippen molar-refractivity contribution in [1.29, 1.82) is 0 Å². The Hall–Kier alpha value is -0.770. The molecule has 4 heteroatoms. The number of anilines is 1. The number of nitrogens with zero attached hydrogens (tertiary/aromatic N) is 2. The third-order valence-corrected chi connectivity index (χ3v) is 2.51. The van der Waals surface area contributed by atoms with Gasteiger partial charge in [-0.3, -0.25) is 0 Å². The number of aryl methyl sites for hydroxylation is 1. The minimum Gasteiger partial charge on any atom is -0.373 e. The summed E-state index contributed by atoms with van der Waals surface area (Å²) in [6.45, 7) is 8.43. The summed E-state index contributed by atoms with van der Waals surface area (Å²) in [4.78, 5) is 8.63. The van der Waals surface area contributed by atoms with Crippen LogP contribution in [0.5, 0.6) is 0 Å². The van der Waals surface area contributed by atoms with Crippen molar-refractivity contribution in [2.24, 2.45) is 0 Å². The minimum atomic E-state index is 0.186. The van der Waals surface area contributed by atoms with E-state index in [-0.39, 0.29) is 4.75 Å². The van der Waals surface area contributed by atoms with Crippen molar-refractivity contribution in [1.82, 2.24) is 9.97 Å². The monoisotopic (exact) mass is 211 g/mol. The molecule has 14 heavy (non-hydrogen) atoms. The molecule has 0 unspecified atom stereocenters. The van der Waals surface area contributed by atoms with Crippen molar-refractivity contribution in [3.8, 4) is 0 Å². The molecule has 0 aliphatic rings. The van der Waals surface area contributed by atoms with E-state index < -0.39 is 0 Å². The topological polar surface area (TPSA) is 37.8 Å². The van der Waals surface area contributed by atoms with Gasteiger partial charge in [-0.15, -0.1) is 11.8 Å². The van der Waals surface area contributed by atoms with Gasteiger partial charge in [0.2, 0.25) is 0 Å². The SMILES string of the molecule is CNc1cc(SC(C)(C)C)nc(C)n1. The van der Waals surface area contributed by atoms with Crippen LogP contribution in [0.1, 0.15) is 26.6 Å². The van der Waals surface area contributed by atoms with E-state index in [4.69, 9.17) is 0 Å². The lowest BCUT2D eigenvalue weighted by Gasteiger charge is -2.17.